The molecule has 0 unspecified atom stereocenters. The summed E-state index contributed by atoms with van der Waals surface area (Å²) in [5, 5.41) is 0.706. The molecule has 5 nitrogen and oxygen atoms in total. The second-order valence-corrected chi connectivity index (χ2v) is 5.54. The Labute approximate surface area is 117 Å². The first-order valence-electron chi connectivity index (χ1n) is 5.83. The van der Waals surface area contributed by atoms with Gasteiger partial charge in [0.2, 0.25) is 0 Å². The van der Waals surface area contributed by atoms with Crippen molar-refractivity contribution < 1.29 is 17.5 Å². The van der Waals surface area contributed by atoms with Gasteiger partial charge in [0.1, 0.15) is 0 Å². The quantitative estimate of drug-likeness (QED) is 0.809. The molecule has 0 heterocycles. The van der Waals surface area contributed by atoms with Crippen LogP contribution < -0.4 is 0 Å². The first-order valence-corrected chi connectivity index (χ1v) is 7.24. The van der Waals surface area contributed by atoms with Gasteiger partial charge >= 0.3 is 10.1 Å². The van der Waals surface area contributed by atoms with Crippen molar-refractivity contribution in [3.63, 3.8) is 0 Å². The average Bonchev–Trinajstić information content (AvgIpc) is 2.48. The SMILES string of the molecule is CN(OS(=O)(=O)c1ccccc1)C(=O)c1ccccc1. The first-order chi connectivity index (χ1) is 9.50. The fourth-order valence-corrected chi connectivity index (χ4v) is 2.51. The number of hydrogen-bond acceptors (Lipinski definition) is 4. The third-order valence-electron chi connectivity index (χ3n) is 2.55. The molecule has 0 bridgehead atoms. The lowest BCUT2D eigenvalue weighted by atomic mass is 10.2. The zero-order valence-corrected chi connectivity index (χ0v) is 11.6. The number of hydrogen-bond donors (Lipinski definition) is 0. The fraction of sp³-hybridized carbons (Fsp3) is 0.0714. The zero-order valence-electron chi connectivity index (χ0n) is 10.8. The van der Waals surface area contributed by atoms with Crippen molar-refractivity contribution in [3.05, 3.63) is 66.2 Å². The van der Waals surface area contributed by atoms with Crippen molar-refractivity contribution in [2.45, 2.75) is 4.90 Å². The van der Waals surface area contributed by atoms with Crippen molar-refractivity contribution in [2.24, 2.45) is 0 Å². The number of hydroxylamine groups is 2. The van der Waals surface area contributed by atoms with E-state index in [-0.39, 0.29) is 4.90 Å². The van der Waals surface area contributed by atoms with E-state index in [0.29, 0.717) is 10.6 Å². The third kappa shape index (κ3) is 3.23. The molecule has 0 aliphatic carbocycles. The number of benzene rings is 2. The van der Waals surface area contributed by atoms with Gasteiger partial charge in [-0.25, -0.2) is 5.06 Å². The first kappa shape index (κ1) is 14.2. The summed E-state index contributed by atoms with van der Waals surface area (Å²) in [6, 6.07) is 15.9. The van der Waals surface area contributed by atoms with Crippen molar-refractivity contribution in [1.29, 1.82) is 0 Å². The van der Waals surface area contributed by atoms with Crippen LogP contribution in [0.25, 0.3) is 0 Å². The fourth-order valence-electron chi connectivity index (χ4n) is 1.57. The Morgan fingerprint density at radius 2 is 1.45 bits per heavy atom. The molecule has 0 saturated heterocycles. The molecule has 20 heavy (non-hydrogen) atoms. The maximum absolute atomic E-state index is 12.0. The van der Waals surface area contributed by atoms with Gasteiger partial charge in [0.25, 0.3) is 5.91 Å². The zero-order chi connectivity index (χ0) is 14.6. The van der Waals surface area contributed by atoms with E-state index in [2.05, 4.69) is 0 Å². The van der Waals surface area contributed by atoms with Gasteiger partial charge in [-0.3, -0.25) is 4.79 Å². The number of amides is 1. The second-order valence-electron chi connectivity index (χ2n) is 4.01. The van der Waals surface area contributed by atoms with Crippen LogP contribution in [0, 0.1) is 0 Å². The lowest BCUT2D eigenvalue weighted by molar-refractivity contribution is -0.00879. The summed E-state index contributed by atoms with van der Waals surface area (Å²) in [4.78, 5) is 12.0. The van der Waals surface area contributed by atoms with Gasteiger partial charge in [0.15, 0.2) is 0 Å². The highest BCUT2D eigenvalue weighted by atomic mass is 32.2. The van der Waals surface area contributed by atoms with E-state index >= 15 is 0 Å². The van der Waals surface area contributed by atoms with Gasteiger partial charge in [-0.2, -0.15) is 8.42 Å². The normalized spacial score (nSPS) is 11.1. The van der Waals surface area contributed by atoms with Crippen LogP contribution in [0.3, 0.4) is 0 Å². The van der Waals surface area contributed by atoms with E-state index in [1.54, 1.807) is 48.5 Å². The van der Waals surface area contributed by atoms with Crippen LogP contribution in [0.1, 0.15) is 10.4 Å². The van der Waals surface area contributed by atoms with Gasteiger partial charge in [-0.05, 0) is 24.3 Å². The Bertz CT molecular complexity index is 684. The minimum atomic E-state index is -4.01. The Morgan fingerprint density at radius 1 is 0.950 bits per heavy atom. The maximum Gasteiger partial charge on any atom is 0.317 e. The smallest absolute Gasteiger partial charge is 0.267 e. The topological polar surface area (TPSA) is 63.7 Å². The van der Waals surface area contributed by atoms with Crippen LogP contribution in [0.4, 0.5) is 0 Å². The molecular formula is C14H13NO4S. The minimum absolute atomic E-state index is 0.00675. The Balaban J connectivity index is 2.16. The van der Waals surface area contributed by atoms with Gasteiger partial charge in [-0.15, -0.1) is 4.28 Å². The minimum Gasteiger partial charge on any atom is -0.267 e. The highest BCUT2D eigenvalue weighted by molar-refractivity contribution is 7.86. The van der Waals surface area contributed by atoms with Crippen LogP contribution in [0.15, 0.2) is 65.6 Å². The third-order valence-corrected chi connectivity index (χ3v) is 3.82. The van der Waals surface area contributed by atoms with E-state index in [9.17, 15) is 13.2 Å². The van der Waals surface area contributed by atoms with Crippen LogP contribution in [0.5, 0.6) is 0 Å². The molecule has 0 fully saturated rings. The van der Waals surface area contributed by atoms with Crippen LogP contribution in [-0.4, -0.2) is 26.4 Å². The van der Waals surface area contributed by atoms with E-state index in [0.717, 1.165) is 0 Å². The molecule has 0 spiro atoms. The molecule has 104 valence electrons. The summed E-state index contributed by atoms with van der Waals surface area (Å²) >= 11 is 0. The monoisotopic (exact) mass is 291 g/mol. The lowest BCUT2D eigenvalue weighted by Gasteiger charge is -2.16. The Kier molecular flexibility index (Phi) is 4.16. The largest absolute Gasteiger partial charge is 0.317 e. The molecule has 0 aliphatic rings. The predicted molar refractivity (Wildman–Crippen MR) is 73.2 cm³/mol. The molecule has 0 aliphatic heterocycles. The summed E-state index contributed by atoms with van der Waals surface area (Å²) in [6.07, 6.45) is 0. The molecule has 0 saturated carbocycles. The van der Waals surface area contributed by atoms with Gasteiger partial charge in [-0.1, -0.05) is 36.4 Å². The van der Waals surface area contributed by atoms with Gasteiger partial charge in [0, 0.05) is 12.6 Å². The number of nitrogens with zero attached hydrogens (tertiary/aromatic N) is 1. The second kappa shape index (κ2) is 5.85. The van der Waals surface area contributed by atoms with E-state index in [1.165, 1.54) is 19.2 Å². The Morgan fingerprint density at radius 3 is 2.00 bits per heavy atom. The van der Waals surface area contributed by atoms with Crippen LogP contribution >= 0.6 is 0 Å². The predicted octanol–water partition coefficient (Wildman–Crippen LogP) is 2.08. The number of carbonyl (C=O) groups excluding carboxylic acids is 1. The average molecular weight is 291 g/mol. The van der Waals surface area contributed by atoms with Crippen molar-refractivity contribution in [2.75, 3.05) is 7.05 Å². The van der Waals surface area contributed by atoms with Crippen molar-refractivity contribution in [1.82, 2.24) is 5.06 Å². The standard InChI is InChI=1S/C14H13NO4S/c1-15(14(16)12-8-4-2-5-9-12)19-20(17,18)13-10-6-3-7-11-13/h2-11H,1H3. The van der Waals surface area contributed by atoms with Crippen LogP contribution in [0.2, 0.25) is 0 Å². The summed E-state index contributed by atoms with van der Waals surface area (Å²) in [7, 11) is -2.75. The van der Waals surface area contributed by atoms with E-state index < -0.39 is 16.0 Å². The molecule has 0 aromatic heterocycles. The van der Waals surface area contributed by atoms with Crippen LogP contribution in [-0.2, 0) is 14.4 Å². The number of rotatable bonds is 4. The maximum atomic E-state index is 12.0. The number of carbonyl (C=O) groups is 1. The van der Waals surface area contributed by atoms with Gasteiger partial charge in [0.05, 0.1) is 4.90 Å². The summed E-state index contributed by atoms with van der Waals surface area (Å²) < 4.78 is 28.7. The molecule has 2 aromatic carbocycles. The van der Waals surface area contributed by atoms with Crippen molar-refractivity contribution in [3.8, 4) is 0 Å². The summed E-state index contributed by atoms with van der Waals surface area (Å²) in [6.45, 7) is 0. The molecule has 0 atom stereocenters. The van der Waals surface area contributed by atoms with E-state index in [1.807, 2.05) is 0 Å². The molecule has 1 amide bonds. The van der Waals surface area contributed by atoms with Gasteiger partial charge < -0.3 is 0 Å². The highest BCUT2D eigenvalue weighted by Crippen LogP contribution is 2.14. The highest BCUT2D eigenvalue weighted by Gasteiger charge is 2.22. The lowest BCUT2D eigenvalue weighted by Crippen LogP contribution is -2.29. The summed E-state index contributed by atoms with van der Waals surface area (Å²) in [5.74, 6) is -0.537. The molecular weight excluding hydrogens is 278 g/mol. The molecule has 2 rings (SSSR count). The molecule has 0 radical (unpaired) electrons. The van der Waals surface area contributed by atoms with E-state index in [4.69, 9.17) is 4.28 Å². The van der Waals surface area contributed by atoms with Crippen molar-refractivity contribution >= 4 is 16.0 Å². The Hall–Kier alpha value is -2.18. The molecule has 6 heteroatoms. The molecule has 0 N–H and O–H groups in total. The summed E-state index contributed by atoms with van der Waals surface area (Å²) in [5.41, 5.74) is 0.346. The molecule has 2 aromatic rings.